The molecule has 1 atom stereocenters. The molecule has 0 saturated carbocycles. The summed E-state index contributed by atoms with van der Waals surface area (Å²) in [4.78, 5) is 19.1. The van der Waals surface area contributed by atoms with Gasteiger partial charge in [-0.2, -0.15) is 0 Å². The van der Waals surface area contributed by atoms with Crippen molar-refractivity contribution in [2.75, 3.05) is 19.6 Å². The van der Waals surface area contributed by atoms with E-state index >= 15 is 0 Å². The second kappa shape index (κ2) is 8.30. The summed E-state index contributed by atoms with van der Waals surface area (Å²) < 4.78 is 2.25. The molecule has 1 aromatic heterocycles. The largest absolute Gasteiger partial charge is 0.351 e. The highest BCUT2D eigenvalue weighted by atomic mass is 16.2. The molecule has 1 aliphatic heterocycles. The van der Waals surface area contributed by atoms with Crippen molar-refractivity contribution < 1.29 is 4.79 Å². The molecule has 2 aromatic rings. The van der Waals surface area contributed by atoms with Crippen molar-refractivity contribution in [1.82, 2.24) is 19.8 Å². The average molecular weight is 340 g/mol. The monoisotopic (exact) mass is 340 g/mol. The standard InChI is InChI=1S/C20H28N4O/c1-16(2)24-12-10-21-20(24)18-9-6-11-23(14-18)15-19(25)22-13-17-7-4-3-5-8-17/h3-5,7-8,10,12,16,18H,6,9,11,13-15H2,1-2H3,(H,22,25). The Hall–Kier alpha value is -2.14. The van der Waals surface area contributed by atoms with Crippen LogP contribution in [0.5, 0.6) is 0 Å². The molecule has 5 nitrogen and oxygen atoms in total. The zero-order valence-electron chi connectivity index (χ0n) is 15.2. The Morgan fingerprint density at radius 1 is 1.32 bits per heavy atom. The molecule has 1 N–H and O–H groups in total. The van der Waals surface area contributed by atoms with Crippen LogP contribution in [0.3, 0.4) is 0 Å². The van der Waals surface area contributed by atoms with Gasteiger partial charge in [-0.1, -0.05) is 30.3 Å². The van der Waals surface area contributed by atoms with Crippen molar-refractivity contribution in [2.45, 2.75) is 45.2 Å². The summed E-state index contributed by atoms with van der Waals surface area (Å²) in [6.45, 7) is 7.31. The van der Waals surface area contributed by atoms with Crippen LogP contribution in [0.15, 0.2) is 42.7 Å². The molecule has 1 saturated heterocycles. The lowest BCUT2D eigenvalue weighted by atomic mass is 9.97. The lowest BCUT2D eigenvalue weighted by molar-refractivity contribution is -0.122. The Morgan fingerprint density at radius 3 is 2.88 bits per heavy atom. The van der Waals surface area contributed by atoms with Crippen molar-refractivity contribution in [3.8, 4) is 0 Å². The minimum absolute atomic E-state index is 0.0942. The van der Waals surface area contributed by atoms with Crippen LogP contribution < -0.4 is 5.32 Å². The number of hydrogen-bond acceptors (Lipinski definition) is 3. The van der Waals surface area contributed by atoms with Crippen LogP contribution in [0, 0.1) is 0 Å². The molecule has 134 valence electrons. The lowest BCUT2D eigenvalue weighted by Crippen LogP contribution is -2.42. The molecule has 1 fully saturated rings. The maximum absolute atomic E-state index is 12.3. The summed E-state index contributed by atoms with van der Waals surface area (Å²) in [5.74, 6) is 1.66. The highest BCUT2D eigenvalue weighted by Gasteiger charge is 2.26. The minimum Gasteiger partial charge on any atom is -0.351 e. The third-order valence-electron chi connectivity index (χ3n) is 4.83. The summed E-state index contributed by atoms with van der Waals surface area (Å²) in [5.41, 5.74) is 1.13. The summed E-state index contributed by atoms with van der Waals surface area (Å²) in [7, 11) is 0. The second-order valence-electron chi connectivity index (χ2n) is 7.12. The number of amides is 1. The fourth-order valence-corrected chi connectivity index (χ4v) is 3.54. The normalized spacial score (nSPS) is 18.4. The number of benzene rings is 1. The van der Waals surface area contributed by atoms with Gasteiger partial charge >= 0.3 is 0 Å². The highest BCUT2D eigenvalue weighted by Crippen LogP contribution is 2.27. The first-order valence-corrected chi connectivity index (χ1v) is 9.19. The summed E-state index contributed by atoms with van der Waals surface area (Å²) >= 11 is 0. The molecule has 1 unspecified atom stereocenters. The number of hydrogen-bond donors (Lipinski definition) is 1. The number of rotatable bonds is 6. The molecule has 3 rings (SSSR count). The van der Waals surface area contributed by atoms with Gasteiger partial charge in [0.1, 0.15) is 5.82 Å². The Kier molecular flexibility index (Phi) is 5.87. The SMILES string of the molecule is CC(C)n1ccnc1C1CCCN(CC(=O)NCc2ccccc2)C1. The van der Waals surface area contributed by atoms with Gasteiger partial charge in [-0.15, -0.1) is 0 Å². The Bertz CT molecular complexity index is 680. The van der Waals surface area contributed by atoms with Crippen LogP contribution in [-0.4, -0.2) is 40.0 Å². The Labute approximate surface area is 150 Å². The number of aromatic nitrogens is 2. The topological polar surface area (TPSA) is 50.2 Å². The number of nitrogens with zero attached hydrogens (tertiary/aromatic N) is 3. The minimum atomic E-state index is 0.0942. The van der Waals surface area contributed by atoms with Crippen LogP contribution in [0.2, 0.25) is 0 Å². The molecule has 0 aliphatic carbocycles. The van der Waals surface area contributed by atoms with Crippen molar-refractivity contribution >= 4 is 5.91 Å². The third-order valence-corrected chi connectivity index (χ3v) is 4.83. The zero-order valence-corrected chi connectivity index (χ0v) is 15.2. The fourth-order valence-electron chi connectivity index (χ4n) is 3.54. The van der Waals surface area contributed by atoms with Gasteiger partial charge in [0.05, 0.1) is 6.54 Å². The predicted molar refractivity (Wildman–Crippen MR) is 99.3 cm³/mol. The van der Waals surface area contributed by atoms with Gasteiger partial charge in [0.15, 0.2) is 0 Å². The molecule has 1 aromatic carbocycles. The first kappa shape index (κ1) is 17.7. The Morgan fingerprint density at radius 2 is 2.12 bits per heavy atom. The summed E-state index contributed by atoms with van der Waals surface area (Å²) in [6, 6.07) is 10.5. The molecule has 25 heavy (non-hydrogen) atoms. The van der Waals surface area contributed by atoms with Gasteiger partial charge in [-0.3, -0.25) is 9.69 Å². The van der Waals surface area contributed by atoms with E-state index in [4.69, 9.17) is 0 Å². The van der Waals surface area contributed by atoms with E-state index in [1.165, 1.54) is 0 Å². The lowest BCUT2D eigenvalue weighted by Gasteiger charge is -2.32. The van der Waals surface area contributed by atoms with Gasteiger partial charge in [0.25, 0.3) is 0 Å². The number of carbonyl (C=O) groups excluding carboxylic acids is 1. The highest BCUT2D eigenvalue weighted by molar-refractivity contribution is 5.78. The number of nitrogens with one attached hydrogen (secondary N) is 1. The van der Waals surface area contributed by atoms with Gasteiger partial charge in [0.2, 0.25) is 5.91 Å². The number of imidazole rings is 1. The fraction of sp³-hybridized carbons (Fsp3) is 0.500. The van der Waals surface area contributed by atoms with E-state index in [2.05, 4.69) is 39.8 Å². The average Bonchev–Trinajstić information content (AvgIpc) is 3.11. The maximum Gasteiger partial charge on any atom is 0.234 e. The van der Waals surface area contributed by atoms with E-state index in [1.807, 2.05) is 36.5 Å². The summed E-state index contributed by atoms with van der Waals surface area (Å²) in [6.07, 6.45) is 6.21. The first-order chi connectivity index (χ1) is 12.1. The van der Waals surface area contributed by atoms with E-state index in [-0.39, 0.29) is 5.91 Å². The van der Waals surface area contributed by atoms with Gasteiger partial charge in [-0.05, 0) is 38.8 Å². The second-order valence-corrected chi connectivity index (χ2v) is 7.12. The third kappa shape index (κ3) is 4.69. The smallest absolute Gasteiger partial charge is 0.234 e. The predicted octanol–water partition coefficient (Wildman–Crippen LogP) is 2.96. The molecule has 1 aliphatic rings. The van der Waals surface area contributed by atoms with Crippen LogP contribution in [0.4, 0.5) is 0 Å². The quantitative estimate of drug-likeness (QED) is 0.879. The van der Waals surface area contributed by atoms with Crippen molar-refractivity contribution in [2.24, 2.45) is 0 Å². The van der Waals surface area contributed by atoms with Crippen molar-refractivity contribution in [3.05, 3.63) is 54.1 Å². The summed E-state index contributed by atoms with van der Waals surface area (Å²) in [5, 5.41) is 3.02. The molecular weight excluding hydrogens is 312 g/mol. The molecule has 1 amide bonds. The van der Waals surface area contributed by atoms with Gasteiger partial charge in [-0.25, -0.2) is 4.98 Å². The van der Waals surface area contributed by atoms with E-state index in [1.54, 1.807) is 0 Å². The van der Waals surface area contributed by atoms with Gasteiger partial charge in [0, 0.05) is 37.4 Å². The van der Waals surface area contributed by atoms with E-state index in [9.17, 15) is 4.79 Å². The number of likely N-dealkylation sites (tertiary alicyclic amines) is 1. The van der Waals surface area contributed by atoms with E-state index < -0.39 is 0 Å². The van der Waals surface area contributed by atoms with Crippen LogP contribution in [-0.2, 0) is 11.3 Å². The molecule has 0 radical (unpaired) electrons. The Balaban J connectivity index is 1.53. The molecular formula is C20H28N4O. The molecule has 0 bridgehead atoms. The van der Waals surface area contributed by atoms with Gasteiger partial charge < -0.3 is 9.88 Å². The maximum atomic E-state index is 12.3. The van der Waals surface area contributed by atoms with Crippen molar-refractivity contribution in [1.29, 1.82) is 0 Å². The molecule has 5 heteroatoms. The first-order valence-electron chi connectivity index (χ1n) is 9.19. The van der Waals surface area contributed by atoms with Crippen LogP contribution in [0.25, 0.3) is 0 Å². The number of piperidine rings is 1. The van der Waals surface area contributed by atoms with Crippen molar-refractivity contribution in [3.63, 3.8) is 0 Å². The van der Waals surface area contributed by atoms with Crippen LogP contribution in [0.1, 0.15) is 50.0 Å². The molecule has 0 spiro atoms. The molecule has 2 heterocycles. The zero-order chi connectivity index (χ0) is 17.6. The van der Waals surface area contributed by atoms with Crippen LogP contribution >= 0.6 is 0 Å². The van der Waals surface area contributed by atoms with E-state index in [0.717, 1.165) is 37.3 Å². The number of carbonyl (C=O) groups is 1. The van der Waals surface area contributed by atoms with E-state index in [0.29, 0.717) is 25.0 Å².